The molecule has 116 valence electrons. The molecule has 1 aromatic heterocycles. The molecular weight excluding hydrogens is 296 g/mol. The molecule has 3 rings (SSSR count). The molecule has 0 saturated carbocycles. The van der Waals surface area contributed by atoms with Crippen LogP contribution in [0.3, 0.4) is 0 Å². The van der Waals surface area contributed by atoms with Crippen molar-refractivity contribution in [2.45, 2.75) is 6.42 Å². The fraction of sp³-hybridized carbons (Fsp3) is 0.118. The van der Waals surface area contributed by atoms with Gasteiger partial charge in [-0.25, -0.2) is 9.78 Å². The zero-order valence-electron chi connectivity index (χ0n) is 12.4. The molecule has 1 N–H and O–H groups in total. The van der Waals surface area contributed by atoms with Crippen LogP contribution in [0.4, 0.5) is 5.69 Å². The number of nitrogens with one attached hydrogen (secondary N) is 1. The van der Waals surface area contributed by atoms with Crippen molar-refractivity contribution in [1.29, 1.82) is 0 Å². The molecule has 0 radical (unpaired) electrons. The number of carbonyl (C=O) groups is 2. The van der Waals surface area contributed by atoms with Crippen molar-refractivity contribution in [3.8, 4) is 0 Å². The second-order valence-corrected chi connectivity index (χ2v) is 4.90. The number of aromatic nitrogens is 1. The van der Waals surface area contributed by atoms with Gasteiger partial charge < -0.3 is 14.5 Å². The van der Waals surface area contributed by atoms with E-state index in [1.54, 1.807) is 6.07 Å². The third-order valence-electron chi connectivity index (χ3n) is 3.37. The van der Waals surface area contributed by atoms with E-state index in [4.69, 9.17) is 9.15 Å². The van der Waals surface area contributed by atoms with Gasteiger partial charge in [-0.05, 0) is 17.7 Å². The molecule has 0 saturated heterocycles. The third-order valence-corrected chi connectivity index (χ3v) is 3.37. The van der Waals surface area contributed by atoms with Crippen molar-refractivity contribution in [1.82, 2.24) is 4.98 Å². The Hall–Kier alpha value is -3.15. The van der Waals surface area contributed by atoms with Gasteiger partial charge >= 0.3 is 5.97 Å². The lowest BCUT2D eigenvalue weighted by Crippen LogP contribution is -2.03. The summed E-state index contributed by atoms with van der Waals surface area (Å²) in [6.45, 7) is 0. The SMILES string of the molecule is COC(=O)c1cc(NC=O)c2oc(Cc3ccccc3)nc2c1. The molecule has 1 amide bonds. The minimum atomic E-state index is -0.506. The van der Waals surface area contributed by atoms with Gasteiger partial charge in [0, 0.05) is 6.42 Å². The zero-order chi connectivity index (χ0) is 16.2. The Bertz CT molecular complexity index is 856. The van der Waals surface area contributed by atoms with Crippen LogP contribution >= 0.6 is 0 Å². The number of carbonyl (C=O) groups excluding carboxylic acids is 2. The number of oxazole rings is 1. The number of hydrogen-bond donors (Lipinski definition) is 1. The maximum absolute atomic E-state index is 11.7. The van der Waals surface area contributed by atoms with E-state index in [1.165, 1.54) is 13.2 Å². The van der Waals surface area contributed by atoms with Crippen molar-refractivity contribution >= 4 is 29.2 Å². The van der Waals surface area contributed by atoms with Crippen LogP contribution in [0.25, 0.3) is 11.1 Å². The number of nitrogens with zero attached hydrogens (tertiary/aromatic N) is 1. The summed E-state index contributed by atoms with van der Waals surface area (Å²) < 4.78 is 10.4. The Morgan fingerprint density at radius 1 is 1.30 bits per heavy atom. The highest BCUT2D eigenvalue weighted by atomic mass is 16.5. The summed E-state index contributed by atoms with van der Waals surface area (Å²) in [7, 11) is 1.29. The highest BCUT2D eigenvalue weighted by molar-refractivity contribution is 6.00. The van der Waals surface area contributed by atoms with E-state index in [-0.39, 0.29) is 0 Å². The average Bonchev–Trinajstić information content (AvgIpc) is 2.98. The van der Waals surface area contributed by atoms with Gasteiger partial charge in [-0.3, -0.25) is 4.79 Å². The van der Waals surface area contributed by atoms with E-state index in [1.807, 2.05) is 30.3 Å². The summed E-state index contributed by atoms with van der Waals surface area (Å²) in [6, 6.07) is 12.8. The predicted molar refractivity (Wildman–Crippen MR) is 84.3 cm³/mol. The first-order chi connectivity index (χ1) is 11.2. The van der Waals surface area contributed by atoms with Crippen LogP contribution in [-0.4, -0.2) is 24.5 Å². The smallest absolute Gasteiger partial charge is 0.338 e. The molecule has 0 aliphatic heterocycles. The molecule has 0 aliphatic carbocycles. The minimum Gasteiger partial charge on any atom is -0.465 e. The second kappa shape index (κ2) is 6.31. The van der Waals surface area contributed by atoms with Gasteiger partial charge in [0.25, 0.3) is 0 Å². The molecule has 0 bridgehead atoms. The van der Waals surface area contributed by atoms with Crippen LogP contribution in [0.2, 0.25) is 0 Å². The Labute approximate surface area is 132 Å². The fourth-order valence-corrected chi connectivity index (χ4v) is 2.33. The number of fused-ring (bicyclic) bond motifs is 1. The van der Waals surface area contributed by atoms with Crippen LogP contribution in [0.15, 0.2) is 46.9 Å². The topological polar surface area (TPSA) is 81.4 Å². The van der Waals surface area contributed by atoms with Crippen LogP contribution in [-0.2, 0) is 16.0 Å². The molecule has 1 heterocycles. The van der Waals surface area contributed by atoms with Crippen LogP contribution < -0.4 is 5.32 Å². The maximum Gasteiger partial charge on any atom is 0.338 e. The lowest BCUT2D eigenvalue weighted by atomic mass is 10.1. The summed E-state index contributed by atoms with van der Waals surface area (Å²) in [5, 5.41) is 2.52. The summed E-state index contributed by atoms with van der Waals surface area (Å²) >= 11 is 0. The Kier molecular flexibility index (Phi) is 4.05. The number of benzene rings is 2. The first kappa shape index (κ1) is 14.8. The first-order valence-electron chi connectivity index (χ1n) is 6.97. The van der Waals surface area contributed by atoms with Gasteiger partial charge in [-0.1, -0.05) is 30.3 Å². The van der Waals surface area contributed by atoms with E-state index in [0.29, 0.717) is 41.1 Å². The number of amides is 1. The highest BCUT2D eigenvalue weighted by Gasteiger charge is 2.16. The standard InChI is InChI=1S/C17H14N2O4/c1-22-17(21)12-8-13(18-10-20)16-14(9-12)19-15(23-16)7-11-5-3-2-4-6-11/h2-6,8-10H,7H2,1H3,(H,18,20). The summed E-state index contributed by atoms with van der Waals surface area (Å²) in [5.41, 5.74) is 2.64. The van der Waals surface area contributed by atoms with E-state index in [9.17, 15) is 9.59 Å². The molecule has 0 spiro atoms. The van der Waals surface area contributed by atoms with Gasteiger partial charge in [0.2, 0.25) is 6.41 Å². The van der Waals surface area contributed by atoms with Crippen LogP contribution in [0, 0.1) is 0 Å². The van der Waals surface area contributed by atoms with Gasteiger partial charge in [0.1, 0.15) is 5.52 Å². The molecule has 2 aromatic carbocycles. The number of ether oxygens (including phenoxy) is 1. The molecule has 6 heteroatoms. The zero-order valence-corrected chi connectivity index (χ0v) is 12.4. The van der Waals surface area contributed by atoms with E-state index >= 15 is 0 Å². The largest absolute Gasteiger partial charge is 0.465 e. The number of rotatable bonds is 5. The van der Waals surface area contributed by atoms with E-state index in [2.05, 4.69) is 10.3 Å². The van der Waals surface area contributed by atoms with Crippen molar-refractivity contribution < 1.29 is 18.7 Å². The first-order valence-corrected chi connectivity index (χ1v) is 6.97. The second-order valence-electron chi connectivity index (χ2n) is 4.90. The molecule has 0 unspecified atom stereocenters. The minimum absolute atomic E-state index is 0.295. The average molecular weight is 310 g/mol. The molecule has 6 nitrogen and oxygen atoms in total. The molecular formula is C17H14N2O4. The number of esters is 1. The molecule has 0 aliphatic rings. The Morgan fingerprint density at radius 2 is 2.09 bits per heavy atom. The summed E-state index contributed by atoms with van der Waals surface area (Å²) in [5.74, 6) is -0.00405. The van der Waals surface area contributed by atoms with Gasteiger partial charge in [0.05, 0.1) is 18.4 Å². The van der Waals surface area contributed by atoms with Gasteiger partial charge in [-0.15, -0.1) is 0 Å². The summed E-state index contributed by atoms with van der Waals surface area (Å²) in [4.78, 5) is 26.9. The van der Waals surface area contributed by atoms with Crippen molar-refractivity contribution in [3.05, 3.63) is 59.5 Å². The van der Waals surface area contributed by atoms with Crippen molar-refractivity contribution in [2.24, 2.45) is 0 Å². The van der Waals surface area contributed by atoms with Crippen LogP contribution in [0.5, 0.6) is 0 Å². The lowest BCUT2D eigenvalue weighted by molar-refractivity contribution is -0.105. The normalized spacial score (nSPS) is 10.5. The highest BCUT2D eigenvalue weighted by Crippen LogP contribution is 2.27. The predicted octanol–water partition coefficient (Wildman–Crippen LogP) is 2.77. The van der Waals surface area contributed by atoms with Crippen LogP contribution in [0.1, 0.15) is 21.8 Å². The van der Waals surface area contributed by atoms with Crippen molar-refractivity contribution in [3.63, 3.8) is 0 Å². The Morgan fingerprint density at radius 3 is 2.78 bits per heavy atom. The summed E-state index contributed by atoms with van der Waals surface area (Å²) in [6.07, 6.45) is 1.04. The number of methoxy groups -OCH3 is 1. The lowest BCUT2D eigenvalue weighted by Gasteiger charge is -2.03. The molecule has 0 fully saturated rings. The number of anilines is 1. The third kappa shape index (κ3) is 3.06. The maximum atomic E-state index is 11.7. The van der Waals surface area contributed by atoms with Gasteiger partial charge in [-0.2, -0.15) is 0 Å². The fourth-order valence-electron chi connectivity index (χ4n) is 2.33. The Balaban J connectivity index is 2.04. The van der Waals surface area contributed by atoms with Gasteiger partial charge in [0.15, 0.2) is 11.5 Å². The van der Waals surface area contributed by atoms with Crippen molar-refractivity contribution in [2.75, 3.05) is 12.4 Å². The quantitative estimate of drug-likeness (QED) is 0.579. The monoisotopic (exact) mass is 310 g/mol. The van der Waals surface area contributed by atoms with E-state index in [0.717, 1.165) is 5.56 Å². The number of hydrogen-bond acceptors (Lipinski definition) is 5. The van der Waals surface area contributed by atoms with E-state index < -0.39 is 5.97 Å². The molecule has 0 atom stereocenters. The molecule has 3 aromatic rings. The molecule has 23 heavy (non-hydrogen) atoms.